The Hall–Kier alpha value is -2.30. The lowest BCUT2D eigenvalue weighted by molar-refractivity contribution is -0.147. The highest BCUT2D eigenvalue weighted by Gasteiger charge is 2.37. The number of hydrogen-bond acceptors (Lipinski definition) is 4. The summed E-state index contributed by atoms with van der Waals surface area (Å²) in [6, 6.07) is 8.15. The van der Waals surface area contributed by atoms with Crippen molar-refractivity contribution in [1.82, 2.24) is 4.90 Å². The number of amides is 1. The van der Waals surface area contributed by atoms with Gasteiger partial charge in [-0.3, -0.25) is 4.79 Å². The molecule has 0 N–H and O–H groups in total. The van der Waals surface area contributed by atoms with Crippen LogP contribution >= 0.6 is 0 Å². The molecule has 1 aliphatic rings. The van der Waals surface area contributed by atoms with Crippen LogP contribution in [-0.4, -0.2) is 42.8 Å². The number of hydrogen-bond donors (Lipinski definition) is 0. The van der Waals surface area contributed by atoms with Crippen molar-refractivity contribution in [2.24, 2.45) is 11.8 Å². The number of rotatable bonds is 6. The number of esters is 1. The molecule has 1 amide bonds. The first kappa shape index (κ1) is 21.0. The summed E-state index contributed by atoms with van der Waals surface area (Å²) in [5.74, 6) is -0.340. The fraction of sp³-hybridized carbons (Fsp3) is 0.545. The lowest BCUT2D eigenvalue weighted by Crippen LogP contribution is -2.36. The van der Waals surface area contributed by atoms with Gasteiger partial charge in [0.25, 0.3) is 0 Å². The van der Waals surface area contributed by atoms with E-state index in [9.17, 15) is 9.59 Å². The lowest BCUT2D eigenvalue weighted by Gasteiger charge is -2.25. The predicted molar refractivity (Wildman–Crippen MR) is 106 cm³/mol. The number of carbonyl (C=O) groups excluding carboxylic acids is 2. The van der Waals surface area contributed by atoms with E-state index < -0.39 is 5.60 Å². The Kier molecular flexibility index (Phi) is 7.05. The van der Waals surface area contributed by atoms with Crippen molar-refractivity contribution in [2.75, 3.05) is 20.2 Å². The lowest BCUT2D eigenvalue weighted by atomic mass is 9.86. The molecule has 5 heteroatoms. The molecule has 1 unspecified atom stereocenters. The molecule has 0 radical (unpaired) electrons. The number of aryl methyl sites for hydroxylation is 1. The molecule has 1 aromatic carbocycles. The second-order valence-corrected chi connectivity index (χ2v) is 8.09. The van der Waals surface area contributed by atoms with Gasteiger partial charge in [-0.05, 0) is 57.1 Å². The Balaban J connectivity index is 2.01. The molecule has 5 nitrogen and oxygen atoms in total. The van der Waals surface area contributed by atoms with Crippen molar-refractivity contribution in [1.29, 1.82) is 0 Å². The average Bonchev–Trinajstić information content (AvgIpc) is 3.10. The van der Waals surface area contributed by atoms with E-state index in [0.29, 0.717) is 19.5 Å². The highest BCUT2D eigenvalue weighted by molar-refractivity contribution is 5.73. The summed E-state index contributed by atoms with van der Waals surface area (Å²) in [5, 5.41) is 0. The maximum Gasteiger partial charge on any atom is 0.410 e. The molecule has 1 saturated heterocycles. The van der Waals surface area contributed by atoms with Gasteiger partial charge in [0, 0.05) is 13.1 Å². The second-order valence-electron chi connectivity index (χ2n) is 8.09. The molecule has 0 aliphatic carbocycles. The fourth-order valence-corrected chi connectivity index (χ4v) is 3.50. The summed E-state index contributed by atoms with van der Waals surface area (Å²) in [6.07, 6.45) is 3.76. The topological polar surface area (TPSA) is 55.8 Å². The van der Waals surface area contributed by atoms with Gasteiger partial charge in [-0.15, -0.1) is 0 Å². The summed E-state index contributed by atoms with van der Waals surface area (Å²) >= 11 is 0. The largest absolute Gasteiger partial charge is 0.469 e. The number of likely N-dealkylation sites (tertiary alicyclic amines) is 1. The number of nitrogens with zero attached hydrogens (tertiary/aromatic N) is 1. The highest BCUT2D eigenvalue weighted by Crippen LogP contribution is 2.30. The van der Waals surface area contributed by atoms with Crippen molar-refractivity contribution >= 4 is 18.1 Å². The van der Waals surface area contributed by atoms with E-state index in [1.54, 1.807) is 4.90 Å². The summed E-state index contributed by atoms with van der Waals surface area (Å²) in [7, 11) is 1.42. The zero-order valence-corrected chi connectivity index (χ0v) is 16.9. The van der Waals surface area contributed by atoms with Crippen LogP contribution in [0, 0.1) is 11.8 Å². The van der Waals surface area contributed by atoms with E-state index in [0.717, 1.165) is 18.4 Å². The number of carbonyl (C=O) groups is 2. The number of methoxy groups -OCH3 is 1. The zero-order valence-electron chi connectivity index (χ0n) is 16.9. The standard InChI is InChI=1S/C22H31NO4/c1-6-16-8-7-9-17(14-16)10-11-19(20(24)26-5)18-12-13-23(15-18)21(25)27-22(2,3)4/h6-9,14,18-19H,1,10-13,15H2,2-5H3/t18-,19?/m0/s1. The van der Waals surface area contributed by atoms with E-state index in [-0.39, 0.29) is 23.9 Å². The van der Waals surface area contributed by atoms with Crippen LogP contribution < -0.4 is 0 Å². The molecule has 1 aliphatic heterocycles. The van der Waals surface area contributed by atoms with E-state index in [1.807, 2.05) is 39.0 Å². The van der Waals surface area contributed by atoms with Gasteiger partial charge in [0.2, 0.25) is 0 Å². The van der Waals surface area contributed by atoms with E-state index in [4.69, 9.17) is 9.47 Å². The van der Waals surface area contributed by atoms with E-state index in [1.165, 1.54) is 12.7 Å². The Morgan fingerprint density at radius 2 is 2.11 bits per heavy atom. The van der Waals surface area contributed by atoms with Crippen molar-refractivity contribution in [3.05, 3.63) is 42.0 Å². The molecule has 0 spiro atoms. The van der Waals surface area contributed by atoms with Crippen LogP contribution in [0.1, 0.15) is 44.7 Å². The number of benzene rings is 1. The third-order valence-corrected chi connectivity index (χ3v) is 4.88. The quantitative estimate of drug-likeness (QED) is 0.697. The normalized spacial score (nSPS) is 18.1. The minimum Gasteiger partial charge on any atom is -0.469 e. The molecule has 148 valence electrons. The molecule has 1 heterocycles. The first-order valence-electron chi connectivity index (χ1n) is 9.50. The van der Waals surface area contributed by atoms with Gasteiger partial charge >= 0.3 is 12.1 Å². The number of ether oxygens (including phenoxy) is 2. The van der Waals surface area contributed by atoms with Gasteiger partial charge in [0.05, 0.1) is 13.0 Å². The minimum atomic E-state index is -0.521. The molecular formula is C22H31NO4. The van der Waals surface area contributed by atoms with Crippen molar-refractivity contribution in [3.63, 3.8) is 0 Å². The Morgan fingerprint density at radius 1 is 1.37 bits per heavy atom. The predicted octanol–water partition coefficient (Wildman–Crippen LogP) is 4.31. The fourth-order valence-electron chi connectivity index (χ4n) is 3.50. The Bertz CT molecular complexity index is 677. The van der Waals surface area contributed by atoms with Crippen molar-refractivity contribution in [2.45, 2.75) is 45.6 Å². The van der Waals surface area contributed by atoms with Crippen LogP contribution in [0.2, 0.25) is 0 Å². The molecule has 0 bridgehead atoms. The van der Waals surface area contributed by atoms with Crippen LogP contribution in [0.5, 0.6) is 0 Å². The molecule has 2 atom stereocenters. The van der Waals surface area contributed by atoms with Gasteiger partial charge in [0.1, 0.15) is 5.60 Å². The highest BCUT2D eigenvalue weighted by atomic mass is 16.6. The van der Waals surface area contributed by atoms with Gasteiger partial charge in [-0.2, -0.15) is 0 Å². The first-order chi connectivity index (χ1) is 12.7. The maximum absolute atomic E-state index is 12.4. The average molecular weight is 373 g/mol. The van der Waals surface area contributed by atoms with E-state index >= 15 is 0 Å². The SMILES string of the molecule is C=Cc1cccc(CCC(C(=O)OC)[C@H]2CCN(C(=O)OC(C)(C)C)C2)c1. The Morgan fingerprint density at radius 3 is 2.74 bits per heavy atom. The summed E-state index contributed by atoms with van der Waals surface area (Å²) in [5.41, 5.74) is 1.72. The molecule has 0 saturated carbocycles. The molecule has 27 heavy (non-hydrogen) atoms. The van der Waals surface area contributed by atoms with Crippen molar-refractivity contribution < 1.29 is 19.1 Å². The molecule has 0 aromatic heterocycles. The van der Waals surface area contributed by atoms with Crippen LogP contribution in [0.4, 0.5) is 4.79 Å². The maximum atomic E-state index is 12.4. The summed E-state index contributed by atoms with van der Waals surface area (Å²) < 4.78 is 10.5. The molecule has 1 aromatic rings. The van der Waals surface area contributed by atoms with Crippen LogP contribution in [0.15, 0.2) is 30.8 Å². The summed E-state index contributed by atoms with van der Waals surface area (Å²) in [4.78, 5) is 26.4. The zero-order chi connectivity index (χ0) is 20.0. The minimum absolute atomic E-state index is 0.0903. The van der Waals surface area contributed by atoms with Gasteiger partial charge in [0.15, 0.2) is 0 Å². The van der Waals surface area contributed by atoms with E-state index in [2.05, 4.69) is 18.7 Å². The second kappa shape index (κ2) is 9.07. The Labute approximate surface area is 162 Å². The van der Waals surface area contributed by atoms with Crippen LogP contribution in [0.25, 0.3) is 6.08 Å². The van der Waals surface area contributed by atoms with Gasteiger partial charge in [-0.1, -0.05) is 36.9 Å². The van der Waals surface area contributed by atoms with Crippen molar-refractivity contribution in [3.8, 4) is 0 Å². The van der Waals surface area contributed by atoms with Gasteiger partial charge in [-0.25, -0.2) is 4.79 Å². The van der Waals surface area contributed by atoms with Crippen LogP contribution in [-0.2, 0) is 20.7 Å². The summed E-state index contributed by atoms with van der Waals surface area (Å²) in [6.45, 7) is 10.5. The van der Waals surface area contributed by atoms with Gasteiger partial charge < -0.3 is 14.4 Å². The first-order valence-corrected chi connectivity index (χ1v) is 9.50. The molecule has 2 rings (SSSR count). The smallest absolute Gasteiger partial charge is 0.410 e. The molecule has 1 fully saturated rings. The third-order valence-electron chi connectivity index (χ3n) is 4.88. The third kappa shape index (κ3) is 6.12. The molecular weight excluding hydrogens is 342 g/mol. The van der Waals surface area contributed by atoms with Crippen LogP contribution in [0.3, 0.4) is 0 Å². The monoisotopic (exact) mass is 373 g/mol.